The Hall–Kier alpha value is -8.20. The van der Waals surface area contributed by atoms with E-state index in [1.54, 1.807) is 0 Å². The summed E-state index contributed by atoms with van der Waals surface area (Å²) in [6.45, 7) is 4.59. The molecule has 0 saturated carbocycles. The van der Waals surface area contributed by atoms with Crippen LogP contribution in [0.2, 0.25) is 0 Å². The van der Waals surface area contributed by atoms with Crippen molar-refractivity contribution in [2.75, 3.05) is 0 Å². The predicted octanol–water partition coefficient (Wildman–Crippen LogP) is 26.4. The number of rotatable bonds is 2. The second-order valence-corrected chi connectivity index (χ2v) is 27.9. The second kappa shape index (κ2) is 25.2. The fourth-order valence-electron chi connectivity index (χ4n) is 13.6. The van der Waals surface area contributed by atoms with Gasteiger partial charge in [0.15, 0.2) is 0 Å². The van der Waals surface area contributed by atoms with E-state index in [9.17, 15) is 0 Å². The van der Waals surface area contributed by atoms with Crippen LogP contribution in [-0.4, -0.2) is 0 Å². The number of para-hydroxylation sites is 1. The van der Waals surface area contributed by atoms with Gasteiger partial charge in [0.1, 0.15) is 11.2 Å². The molecule has 0 saturated heterocycles. The molecular weight excluding hydrogens is 1420 g/mol. The van der Waals surface area contributed by atoms with E-state index in [2.05, 4.69) is 373 Å². The minimum atomic E-state index is -0.219. The molecule has 1 aromatic heterocycles. The summed E-state index contributed by atoms with van der Waals surface area (Å²) in [6, 6.07) is 110. The molecule has 1 heterocycles. The Morgan fingerprint density at radius 2 is 0.656 bits per heavy atom. The first kappa shape index (κ1) is 59.4. The molecule has 0 unspecified atom stereocenters. The first-order valence-corrected chi connectivity index (χ1v) is 33.9. The van der Waals surface area contributed by atoms with Gasteiger partial charge in [0.05, 0.1) is 5.41 Å². The molecule has 0 radical (unpaired) electrons. The Balaban J connectivity index is 0.000000100. The van der Waals surface area contributed by atoms with E-state index in [0.717, 1.165) is 38.9 Å². The van der Waals surface area contributed by atoms with Crippen molar-refractivity contribution in [1.29, 1.82) is 0 Å². The molecule has 0 aliphatic heterocycles. The van der Waals surface area contributed by atoms with Crippen LogP contribution in [0, 0.1) is 0 Å². The van der Waals surface area contributed by atoms with Crippen LogP contribution in [0.5, 0.6) is 0 Å². The lowest BCUT2D eigenvalue weighted by Crippen LogP contribution is -2.25. The van der Waals surface area contributed by atoms with Gasteiger partial charge in [-0.25, -0.2) is 0 Å². The molecule has 3 aliphatic carbocycles. The highest BCUT2D eigenvalue weighted by Gasteiger charge is 2.51. The van der Waals surface area contributed by atoms with Crippen molar-refractivity contribution < 1.29 is 4.42 Å². The largest absolute Gasteiger partial charge is 0.456 e. The van der Waals surface area contributed by atoms with Gasteiger partial charge in [0.25, 0.3) is 0 Å². The molecule has 1 nitrogen and oxygen atoms in total. The Labute approximate surface area is 567 Å². The topological polar surface area (TPSA) is 13.1 Å². The first-order chi connectivity index (χ1) is 43.9. The van der Waals surface area contributed by atoms with E-state index >= 15 is 0 Å². The van der Waals surface area contributed by atoms with Gasteiger partial charge >= 0.3 is 0 Å². The van der Waals surface area contributed by atoms with E-state index in [0.29, 0.717) is 0 Å². The molecule has 0 amide bonds. The lowest BCUT2D eigenvalue weighted by Gasteiger charge is -2.30. The van der Waals surface area contributed by atoms with Crippen LogP contribution >= 0.6 is 79.6 Å². The van der Waals surface area contributed by atoms with Crippen molar-refractivity contribution in [1.82, 2.24) is 0 Å². The third-order valence-corrected chi connectivity index (χ3v) is 20.3. The number of furan rings is 1. The molecule has 434 valence electrons. The molecule has 90 heavy (non-hydrogen) atoms. The Bertz CT molecular complexity index is 5100. The maximum absolute atomic E-state index is 5.69. The number of halogens is 5. The molecule has 0 N–H and O–H groups in total. The van der Waals surface area contributed by atoms with Gasteiger partial charge in [-0.15, -0.1) is 0 Å². The van der Waals surface area contributed by atoms with Crippen LogP contribution in [0.3, 0.4) is 0 Å². The SMILES string of the molecule is Brc1ccc(-c2ccc3ccccc3c2)cc1.Brc1ccc(-c2cccc3ccccc23)cc1.Brc1ccc2c(c1)C1(c3ccccc3-c3ccccc31)c1ccccc1-2.Brc1ccc2oc3ccccc3c2c1.CC1(C)c2ccccc2-c2cc(Br)ccc21. The summed E-state index contributed by atoms with van der Waals surface area (Å²) in [5.74, 6) is 0. The predicted molar refractivity (Wildman–Crippen MR) is 398 cm³/mol. The van der Waals surface area contributed by atoms with E-state index in [1.807, 2.05) is 30.3 Å². The number of benzene rings is 14. The standard InChI is InChI=1S/C25H15Br.2C16H11Br.C15H13Br.C12H7BrO/c26-16-13-14-20-19-9-3-6-12-23(19)25(24(20)15-16)21-10-4-1-7-17(21)18-8-2-5-11-22(18)25;17-14-10-8-13(9-11-14)16-7-3-5-12-4-1-2-6-15(12)16;17-16-9-7-13(8-10-16)15-6-5-12-3-1-2-4-14(12)11-15;1-15(2)13-6-4-3-5-11(13)12-9-10(16)7-8-14(12)15;13-8-5-6-12-10(7-8)9-3-1-2-4-11(9)14-12/h1-15H;2*1-11H;3-9H,1-2H3;1-7H. The average molecular weight is 1480 g/mol. The van der Waals surface area contributed by atoms with Gasteiger partial charge in [0, 0.05) is 38.6 Å². The summed E-state index contributed by atoms with van der Waals surface area (Å²) in [5, 5.41) is 7.49. The quantitative estimate of drug-likeness (QED) is 0.168. The van der Waals surface area contributed by atoms with Gasteiger partial charge in [-0.05, 0) is 189 Å². The van der Waals surface area contributed by atoms with Crippen LogP contribution < -0.4 is 0 Å². The van der Waals surface area contributed by atoms with Gasteiger partial charge in [-0.3, -0.25) is 0 Å². The zero-order valence-electron chi connectivity index (χ0n) is 49.2. The number of hydrogen-bond donors (Lipinski definition) is 0. The first-order valence-electron chi connectivity index (χ1n) is 30.0. The minimum Gasteiger partial charge on any atom is -0.456 e. The van der Waals surface area contributed by atoms with Gasteiger partial charge in [-0.2, -0.15) is 0 Å². The van der Waals surface area contributed by atoms with Gasteiger partial charge in [0.2, 0.25) is 0 Å². The summed E-state index contributed by atoms with van der Waals surface area (Å²) in [6.07, 6.45) is 0. The third-order valence-electron chi connectivity index (χ3n) is 17.7. The molecule has 18 rings (SSSR count). The fourth-order valence-corrected chi connectivity index (χ4v) is 15.2. The number of hydrogen-bond acceptors (Lipinski definition) is 1. The Kier molecular flexibility index (Phi) is 16.7. The monoisotopic (exact) mass is 1480 g/mol. The lowest BCUT2D eigenvalue weighted by atomic mass is 9.70. The zero-order chi connectivity index (χ0) is 61.5. The Morgan fingerprint density at radius 3 is 1.31 bits per heavy atom. The van der Waals surface area contributed by atoms with Crippen molar-refractivity contribution in [3.63, 3.8) is 0 Å². The second-order valence-electron chi connectivity index (χ2n) is 23.3. The lowest BCUT2D eigenvalue weighted by molar-refractivity contribution is 0.660. The molecule has 15 aromatic rings. The Morgan fingerprint density at radius 1 is 0.233 bits per heavy atom. The van der Waals surface area contributed by atoms with Crippen molar-refractivity contribution in [3.05, 3.63) is 365 Å². The van der Waals surface area contributed by atoms with Crippen molar-refractivity contribution in [2.24, 2.45) is 0 Å². The van der Waals surface area contributed by atoms with E-state index < -0.39 is 0 Å². The molecule has 1 spiro atoms. The summed E-state index contributed by atoms with van der Waals surface area (Å²) < 4.78 is 11.3. The van der Waals surface area contributed by atoms with Crippen LogP contribution in [0.25, 0.3) is 99.1 Å². The maximum Gasteiger partial charge on any atom is 0.135 e. The van der Waals surface area contributed by atoms with Crippen LogP contribution in [0.15, 0.2) is 336 Å². The number of fused-ring (bicyclic) bond motifs is 18. The molecule has 0 fully saturated rings. The van der Waals surface area contributed by atoms with Crippen molar-refractivity contribution in [2.45, 2.75) is 24.7 Å². The highest BCUT2D eigenvalue weighted by atomic mass is 79.9. The maximum atomic E-state index is 5.69. The normalized spacial score (nSPS) is 12.8. The van der Waals surface area contributed by atoms with Crippen LogP contribution in [0.4, 0.5) is 0 Å². The highest BCUT2D eigenvalue weighted by Crippen LogP contribution is 2.63. The summed E-state index contributed by atoms with van der Waals surface area (Å²) >= 11 is 17.7. The molecule has 3 aliphatic rings. The smallest absolute Gasteiger partial charge is 0.135 e. The molecule has 6 heteroatoms. The van der Waals surface area contributed by atoms with E-state index in [-0.39, 0.29) is 10.8 Å². The molecule has 14 aromatic carbocycles. The highest BCUT2D eigenvalue weighted by molar-refractivity contribution is 9.11. The summed E-state index contributed by atoms with van der Waals surface area (Å²) in [5.41, 5.74) is 23.4. The van der Waals surface area contributed by atoms with Gasteiger partial charge in [-0.1, -0.05) is 324 Å². The fraction of sp³-hybridized carbons (Fsp3) is 0.0476. The van der Waals surface area contributed by atoms with E-state index in [1.165, 1.54) is 116 Å². The van der Waals surface area contributed by atoms with E-state index in [4.69, 9.17) is 4.42 Å². The molecule has 0 bridgehead atoms. The zero-order valence-corrected chi connectivity index (χ0v) is 57.2. The average Bonchev–Trinajstić information content (AvgIpc) is 1.52. The summed E-state index contributed by atoms with van der Waals surface area (Å²) in [7, 11) is 0. The van der Waals surface area contributed by atoms with Crippen LogP contribution in [-0.2, 0) is 10.8 Å². The summed E-state index contributed by atoms with van der Waals surface area (Å²) in [4.78, 5) is 0. The van der Waals surface area contributed by atoms with Crippen molar-refractivity contribution >= 4 is 123 Å². The van der Waals surface area contributed by atoms with Crippen LogP contribution in [0.1, 0.15) is 47.2 Å². The van der Waals surface area contributed by atoms with Gasteiger partial charge < -0.3 is 4.42 Å². The minimum absolute atomic E-state index is 0.132. The molecule has 0 atom stereocenters. The molecular formula is C84H57Br5O. The third kappa shape index (κ3) is 11.2. The van der Waals surface area contributed by atoms with Crippen molar-refractivity contribution in [3.8, 4) is 55.6 Å².